The first-order valence-corrected chi connectivity index (χ1v) is 7.56. The fourth-order valence-corrected chi connectivity index (χ4v) is 2.94. The lowest BCUT2D eigenvalue weighted by molar-refractivity contribution is -0.150. The highest BCUT2D eigenvalue weighted by molar-refractivity contribution is 5.90. The standard InChI is InChI=1S/C15H28N2O3/c1-4-7-14(3,13(19)20)17-12(18)15(10-16)8-5-11(2)6-9-15/h11H,4-10,16H2,1-3H3,(H,17,18)(H,19,20). The zero-order valence-corrected chi connectivity index (χ0v) is 12.9. The van der Waals surface area contributed by atoms with E-state index in [1.165, 1.54) is 0 Å². The van der Waals surface area contributed by atoms with Crippen LogP contribution in [0.3, 0.4) is 0 Å². The molecular formula is C15H28N2O3. The Morgan fingerprint density at radius 1 is 1.40 bits per heavy atom. The Bertz CT molecular complexity index is 362. The van der Waals surface area contributed by atoms with E-state index in [1.807, 2.05) is 6.92 Å². The van der Waals surface area contributed by atoms with E-state index in [0.29, 0.717) is 18.8 Å². The number of rotatable bonds is 6. The minimum Gasteiger partial charge on any atom is -0.480 e. The number of nitrogens with two attached hydrogens (primary N) is 1. The van der Waals surface area contributed by atoms with Crippen LogP contribution in [0.1, 0.15) is 59.3 Å². The zero-order chi connectivity index (χ0) is 15.4. The van der Waals surface area contributed by atoms with E-state index >= 15 is 0 Å². The zero-order valence-electron chi connectivity index (χ0n) is 12.9. The van der Waals surface area contributed by atoms with Crippen molar-refractivity contribution in [3.8, 4) is 0 Å². The molecule has 4 N–H and O–H groups in total. The number of carbonyl (C=O) groups excluding carboxylic acids is 1. The molecule has 1 fully saturated rings. The van der Waals surface area contributed by atoms with Crippen LogP contribution in [0.2, 0.25) is 0 Å². The van der Waals surface area contributed by atoms with Gasteiger partial charge in [0.1, 0.15) is 5.54 Å². The molecular weight excluding hydrogens is 256 g/mol. The molecule has 0 aromatic rings. The van der Waals surface area contributed by atoms with Crippen LogP contribution < -0.4 is 11.1 Å². The second-order valence-electron chi connectivity index (χ2n) is 6.51. The second-order valence-corrected chi connectivity index (χ2v) is 6.51. The molecule has 1 unspecified atom stereocenters. The van der Waals surface area contributed by atoms with E-state index in [4.69, 9.17) is 5.73 Å². The van der Waals surface area contributed by atoms with Gasteiger partial charge in [-0.1, -0.05) is 20.3 Å². The van der Waals surface area contributed by atoms with Crippen molar-refractivity contribution in [1.82, 2.24) is 5.32 Å². The molecule has 1 aliphatic carbocycles. The van der Waals surface area contributed by atoms with Crippen molar-refractivity contribution >= 4 is 11.9 Å². The Hall–Kier alpha value is -1.10. The summed E-state index contributed by atoms with van der Waals surface area (Å²) in [5, 5.41) is 12.1. The van der Waals surface area contributed by atoms with Crippen molar-refractivity contribution in [2.75, 3.05) is 6.54 Å². The molecule has 0 radical (unpaired) electrons. The summed E-state index contributed by atoms with van der Waals surface area (Å²) >= 11 is 0. The molecule has 0 aromatic carbocycles. The van der Waals surface area contributed by atoms with Gasteiger partial charge in [-0.15, -0.1) is 0 Å². The van der Waals surface area contributed by atoms with Crippen LogP contribution in [0, 0.1) is 11.3 Å². The Morgan fingerprint density at radius 2 is 1.95 bits per heavy atom. The molecule has 0 spiro atoms. The van der Waals surface area contributed by atoms with E-state index in [-0.39, 0.29) is 12.5 Å². The molecule has 116 valence electrons. The van der Waals surface area contributed by atoms with Crippen LogP contribution >= 0.6 is 0 Å². The van der Waals surface area contributed by atoms with Gasteiger partial charge in [-0.2, -0.15) is 0 Å². The van der Waals surface area contributed by atoms with Gasteiger partial charge >= 0.3 is 5.97 Å². The number of hydrogen-bond donors (Lipinski definition) is 3. The van der Waals surface area contributed by atoms with Crippen molar-refractivity contribution in [3.05, 3.63) is 0 Å². The maximum absolute atomic E-state index is 12.6. The van der Waals surface area contributed by atoms with Crippen LogP contribution in [0.25, 0.3) is 0 Å². The van der Waals surface area contributed by atoms with Gasteiger partial charge in [0.05, 0.1) is 5.41 Å². The normalized spacial score (nSPS) is 29.5. The van der Waals surface area contributed by atoms with Crippen LogP contribution in [-0.2, 0) is 9.59 Å². The number of carboxylic acids is 1. The Labute approximate surface area is 121 Å². The third-order valence-corrected chi connectivity index (χ3v) is 4.72. The minimum atomic E-state index is -1.20. The fraction of sp³-hybridized carbons (Fsp3) is 0.867. The number of carboxylic acid groups (broad SMARTS) is 1. The highest BCUT2D eigenvalue weighted by atomic mass is 16.4. The van der Waals surface area contributed by atoms with E-state index in [1.54, 1.807) is 6.92 Å². The summed E-state index contributed by atoms with van der Waals surface area (Å²) in [4.78, 5) is 24.0. The van der Waals surface area contributed by atoms with E-state index in [9.17, 15) is 14.7 Å². The molecule has 0 heterocycles. The average Bonchev–Trinajstić information content (AvgIpc) is 2.40. The maximum Gasteiger partial charge on any atom is 0.329 e. The van der Waals surface area contributed by atoms with Crippen molar-refractivity contribution in [1.29, 1.82) is 0 Å². The highest BCUT2D eigenvalue weighted by Crippen LogP contribution is 2.38. The van der Waals surface area contributed by atoms with Gasteiger partial charge in [-0.25, -0.2) is 4.79 Å². The third kappa shape index (κ3) is 3.51. The molecule has 0 saturated heterocycles. The van der Waals surface area contributed by atoms with Crippen LogP contribution in [0.5, 0.6) is 0 Å². The molecule has 0 aromatic heterocycles. The van der Waals surface area contributed by atoms with Gasteiger partial charge < -0.3 is 16.2 Å². The summed E-state index contributed by atoms with van der Waals surface area (Å²) in [6, 6.07) is 0. The quantitative estimate of drug-likeness (QED) is 0.694. The van der Waals surface area contributed by atoms with Crippen molar-refractivity contribution < 1.29 is 14.7 Å². The molecule has 1 atom stereocenters. The molecule has 0 aliphatic heterocycles. The number of hydrogen-bond acceptors (Lipinski definition) is 3. The smallest absolute Gasteiger partial charge is 0.329 e. The topological polar surface area (TPSA) is 92.4 Å². The van der Waals surface area contributed by atoms with Gasteiger partial charge in [0.2, 0.25) is 5.91 Å². The Balaban J connectivity index is 2.84. The Morgan fingerprint density at radius 3 is 2.35 bits per heavy atom. The van der Waals surface area contributed by atoms with E-state index < -0.39 is 16.9 Å². The first-order valence-electron chi connectivity index (χ1n) is 7.56. The maximum atomic E-state index is 12.6. The lowest BCUT2D eigenvalue weighted by Gasteiger charge is -2.39. The number of amides is 1. The number of nitrogens with one attached hydrogen (secondary N) is 1. The van der Waals surface area contributed by atoms with Crippen molar-refractivity contribution in [2.24, 2.45) is 17.1 Å². The van der Waals surface area contributed by atoms with Gasteiger partial charge in [0.15, 0.2) is 0 Å². The van der Waals surface area contributed by atoms with Crippen LogP contribution in [0.15, 0.2) is 0 Å². The first-order chi connectivity index (χ1) is 9.29. The summed E-state index contributed by atoms with van der Waals surface area (Å²) in [6.07, 6.45) is 4.57. The third-order valence-electron chi connectivity index (χ3n) is 4.72. The SMILES string of the molecule is CCCC(C)(NC(=O)C1(CN)CCC(C)CC1)C(=O)O. The highest BCUT2D eigenvalue weighted by Gasteiger charge is 2.44. The van der Waals surface area contributed by atoms with Gasteiger partial charge in [0, 0.05) is 6.54 Å². The summed E-state index contributed by atoms with van der Waals surface area (Å²) < 4.78 is 0. The molecule has 0 bridgehead atoms. The fourth-order valence-electron chi connectivity index (χ4n) is 2.94. The predicted molar refractivity (Wildman–Crippen MR) is 78.2 cm³/mol. The largest absolute Gasteiger partial charge is 0.480 e. The average molecular weight is 284 g/mol. The lowest BCUT2D eigenvalue weighted by Crippen LogP contribution is -2.58. The van der Waals surface area contributed by atoms with Crippen LogP contribution in [0.4, 0.5) is 0 Å². The summed E-state index contributed by atoms with van der Waals surface area (Å²) in [5.74, 6) is -0.557. The molecule has 5 heteroatoms. The molecule has 20 heavy (non-hydrogen) atoms. The van der Waals surface area contributed by atoms with E-state index in [2.05, 4.69) is 12.2 Å². The number of carbonyl (C=O) groups is 2. The predicted octanol–water partition coefficient (Wildman–Crippen LogP) is 1.90. The second kappa shape index (κ2) is 6.57. The summed E-state index contributed by atoms with van der Waals surface area (Å²) in [7, 11) is 0. The van der Waals surface area contributed by atoms with Gasteiger partial charge in [-0.3, -0.25) is 4.79 Å². The molecule has 5 nitrogen and oxygen atoms in total. The summed E-state index contributed by atoms with van der Waals surface area (Å²) in [5.41, 5.74) is 4.06. The summed E-state index contributed by atoms with van der Waals surface area (Å²) in [6.45, 7) is 5.95. The van der Waals surface area contributed by atoms with Crippen LogP contribution in [-0.4, -0.2) is 29.1 Å². The molecule has 1 rings (SSSR count). The van der Waals surface area contributed by atoms with E-state index in [0.717, 1.165) is 25.7 Å². The lowest BCUT2D eigenvalue weighted by atomic mass is 9.70. The van der Waals surface area contributed by atoms with Crippen molar-refractivity contribution in [3.63, 3.8) is 0 Å². The molecule has 1 amide bonds. The first kappa shape index (κ1) is 17.0. The molecule has 1 aliphatic rings. The number of aliphatic carboxylic acids is 1. The minimum absolute atomic E-state index is 0.190. The monoisotopic (exact) mass is 284 g/mol. The molecule has 1 saturated carbocycles. The Kier molecular flexibility index (Phi) is 5.57. The van der Waals surface area contributed by atoms with Gasteiger partial charge in [-0.05, 0) is 44.9 Å². The van der Waals surface area contributed by atoms with Gasteiger partial charge in [0.25, 0.3) is 0 Å². The van der Waals surface area contributed by atoms with Crippen molar-refractivity contribution in [2.45, 2.75) is 64.8 Å².